The van der Waals surface area contributed by atoms with Gasteiger partial charge in [0.15, 0.2) is 0 Å². The van der Waals surface area contributed by atoms with E-state index in [1.807, 2.05) is 31.2 Å². The first-order chi connectivity index (χ1) is 12.5. The van der Waals surface area contributed by atoms with Crippen LogP contribution in [0.2, 0.25) is 0 Å². The minimum Gasteiger partial charge on any atom is -0.392 e. The van der Waals surface area contributed by atoms with Crippen molar-refractivity contribution in [3.05, 3.63) is 65.1 Å². The van der Waals surface area contributed by atoms with E-state index in [0.29, 0.717) is 6.54 Å². The van der Waals surface area contributed by atoms with E-state index in [-0.39, 0.29) is 6.61 Å². The molecule has 0 aliphatic carbocycles. The molecule has 26 heavy (non-hydrogen) atoms. The minimum atomic E-state index is -1.03. The van der Waals surface area contributed by atoms with Crippen LogP contribution in [0.3, 0.4) is 0 Å². The third-order valence-corrected chi connectivity index (χ3v) is 5.49. The van der Waals surface area contributed by atoms with E-state index in [1.54, 1.807) is 12.4 Å². The first kappa shape index (κ1) is 17.2. The van der Waals surface area contributed by atoms with Crippen LogP contribution in [0.25, 0.3) is 10.9 Å². The number of likely N-dealkylation sites (N-methyl/N-ethyl adjacent to an activating group) is 1. The maximum Gasteiger partial charge on any atom is 0.105 e. The lowest BCUT2D eigenvalue weighted by Gasteiger charge is -2.29. The van der Waals surface area contributed by atoms with Crippen molar-refractivity contribution in [1.82, 2.24) is 14.5 Å². The summed E-state index contributed by atoms with van der Waals surface area (Å²) in [6.45, 7) is 4.15. The van der Waals surface area contributed by atoms with Crippen LogP contribution in [0, 0.1) is 0 Å². The monoisotopic (exact) mass is 351 g/mol. The van der Waals surface area contributed by atoms with Crippen LogP contribution in [0.5, 0.6) is 0 Å². The summed E-state index contributed by atoms with van der Waals surface area (Å²) in [7, 11) is 2.12. The summed E-state index contributed by atoms with van der Waals surface area (Å²) in [5.41, 5.74) is 4.35. The summed E-state index contributed by atoms with van der Waals surface area (Å²) in [4.78, 5) is 6.36. The number of hydrogen-bond donors (Lipinski definition) is 2. The highest BCUT2D eigenvalue weighted by molar-refractivity contribution is 5.88. The highest BCUT2D eigenvalue weighted by atomic mass is 16.3. The van der Waals surface area contributed by atoms with E-state index in [4.69, 9.17) is 0 Å². The predicted molar refractivity (Wildman–Crippen MR) is 102 cm³/mol. The van der Waals surface area contributed by atoms with E-state index in [9.17, 15) is 10.2 Å². The number of para-hydroxylation sites is 1. The fourth-order valence-corrected chi connectivity index (χ4v) is 4.12. The van der Waals surface area contributed by atoms with Gasteiger partial charge in [0.05, 0.1) is 18.7 Å². The van der Waals surface area contributed by atoms with Gasteiger partial charge >= 0.3 is 0 Å². The van der Waals surface area contributed by atoms with Gasteiger partial charge in [-0.3, -0.25) is 4.98 Å². The van der Waals surface area contributed by atoms with Gasteiger partial charge in [-0.2, -0.15) is 0 Å². The number of aliphatic hydroxyl groups is 2. The lowest BCUT2D eigenvalue weighted by atomic mass is 9.96. The molecule has 0 fully saturated rings. The first-order valence-corrected chi connectivity index (χ1v) is 9.05. The van der Waals surface area contributed by atoms with Gasteiger partial charge in [-0.05, 0) is 43.7 Å². The van der Waals surface area contributed by atoms with Crippen molar-refractivity contribution < 1.29 is 10.2 Å². The molecule has 2 aromatic heterocycles. The molecule has 1 atom stereocenters. The Morgan fingerprint density at radius 2 is 1.96 bits per heavy atom. The average Bonchev–Trinajstić information content (AvgIpc) is 2.95. The average molecular weight is 351 g/mol. The third-order valence-electron chi connectivity index (χ3n) is 5.49. The zero-order valence-corrected chi connectivity index (χ0v) is 15.3. The first-order valence-electron chi connectivity index (χ1n) is 9.05. The van der Waals surface area contributed by atoms with E-state index in [0.717, 1.165) is 36.2 Å². The van der Waals surface area contributed by atoms with Crippen molar-refractivity contribution in [3.8, 4) is 0 Å². The second kappa shape index (κ2) is 6.50. The number of hydrogen-bond acceptors (Lipinski definition) is 4. The molecule has 1 aliphatic heterocycles. The number of pyridine rings is 1. The molecule has 0 bridgehead atoms. The molecule has 3 aromatic rings. The Bertz CT molecular complexity index is 931. The molecular weight excluding hydrogens is 326 g/mol. The highest BCUT2D eigenvalue weighted by Gasteiger charge is 2.29. The topological polar surface area (TPSA) is 61.5 Å². The Kier molecular flexibility index (Phi) is 4.31. The molecule has 4 rings (SSSR count). The Morgan fingerprint density at radius 3 is 2.69 bits per heavy atom. The fourth-order valence-electron chi connectivity index (χ4n) is 4.12. The van der Waals surface area contributed by atoms with Crippen molar-refractivity contribution in [2.24, 2.45) is 0 Å². The summed E-state index contributed by atoms with van der Waals surface area (Å²) < 4.78 is 2.21. The normalized spacial score (nSPS) is 17.2. The largest absolute Gasteiger partial charge is 0.392 e. The highest BCUT2D eigenvalue weighted by Crippen LogP contribution is 2.35. The van der Waals surface area contributed by atoms with Gasteiger partial charge in [0.1, 0.15) is 5.60 Å². The molecule has 2 N–H and O–H groups in total. The zero-order chi connectivity index (χ0) is 18.3. The summed E-state index contributed by atoms with van der Waals surface area (Å²) in [5.74, 6) is 0. The number of nitrogens with zero attached hydrogens (tertiary/aromatic N) is 3. The third kappa shape index (κ3) is 2.82. The van der Waals surface area contributed by atoms with Crippen molar-refractivity contribution in [3.63, 3.8) is 0 Å². The number of fused-ring (bicyclic) bond motifs is 3. The standard InChI is InChI=1S/C21H25N3O2/c1-21(26,16-6-9-22-10-7-16)14-24-19-12-23(2)11-8-17(19)18-5-3-4-15(13-25)20(18)24/h3-7,9-10,25-26H,8,11-14H2,1-2H3. The quantitative estimate of drug-likeness (QED) is 0.758. The maximum absolute atomic E-state index is 11.2. The summed E-state index contributed by atoms with van der Waals surface area (Å²) in [6, 6.07) is 9.83. The van der Waals surface area contributed by atoms with Gasteiger partial charge in [-0.1, -0.05) is 18.2 Å². The van der Waals surface area contributed by atoms with Crippen molar-refractivity contribution in [2.75, 3.05) is 13.6 Å². The van der Waals surface area contributed by atoms with Gasteiger partial charge in [-0.15, -0.1) is 0 Å². The van der Waals surface area contributed by atoms with E-state index < -0.39 is 5.60 Å². The molecule has 0 saturated heterocycles. The molecule has 3 heterocycles. The fraction of sp³-hybridized carbons (Fsp3) is 0.381. The van der Waals surface area contributed by atoms with Gasteiger partial charge < -0.3 is 19.7 Å². The van der Waals surface area contributed by atoms with Crippen LogP contribution >= 0.6 is 0 Å². The Morgan fingerprint density at radius 1 is 1.19 bits per heavy atom. The Labute approximate surface area is 153 Å². The molecule has 0 amide bonds. The van der Waals surface area contributed by atoms with Crippen LogP contribution < -0.4 is 0 Å². The lowest BCUT2D eigenvalue weighted by molar-refractivity contribution is 0.0379. The van der Waals surface area contributed by atoms with Crippen LogP contribution in [-0.2, 0) is 31.7 Å². The van der Waals surface area contributed by atoms with E-state index >= 15 is 0 Å². The lowest BCUT2D eigenvalue weighted by Crippen LogP contribution is -2.32. The molecular formula is C21H25N3O2. The molecule has 0 saturated carbocycles. The van der Waals surface area contributed by atoms with Crippen LogP contribution in [-0.4, -0.2) is 38.3 Å². The van der Waals surface area contributed by atoms with Crippen LogP contribution in [0.4, 0.5) is 0 Å². The second-order valence-corrected chi connectivity index (χ2v) is 7.48. The molecule has 0 spiro atoms. The van der Waals surface area contributed by atoms with E-state index in [1.165, 1.54) is 16.6 Å². The van der Waals surface area contributed by atoms with Crippen LogP contribution in [0.15, 0.2) is 42.7 Å². The minimum absolute atomic E-state index is 0.00648. The molecule has 136 valence electrons. The molecule has 0 radical (unpaired) electrons. The van der Waals surface area contributed by atoms with Gasteiger partial charge in [0.2, 0.25) is 0 Å². The van der Waals surface area contributed by atoms with Crippen molar-refractivity contribution in [1.29, 1.82) is 0 Å². The number of rotatable bonds is 4. The van der Waals surface area contributed by atoms with Gasteiger partial charge in [0, 0.05) is 42.1 Å². The Balaban J connectivity index is 1.90. The molecule has 1 aromatic carbocycles. The number of aromatic nitrogens is 2. The summed E-state index contributed by atoms with van der Waals surface area (Å²) in [5, 5.41) is 22.3. The molecule has 5 nitrogen and oxygen atoms in total. The number of benzene rings is 1. The Hall–Kier alpha value is -2.21. The molecule has 5 heteroatoms. The smallest absolute Gasteiger partial charge is 0.105 e. The van der Waals surface area contributed by atoms with Crippen LogP contribution in [0.1, 0.15) is 29.3 Å². The van der Waals surface area contributed by atoms with E-state index in [2.05, 4.69) is 27.6 Å². The zero-order valence-electron chi connectivity index (χ0n) is 15.3. The summed E-state index contributed by atoms with van der Waals surface area (Å²) >= 11 is 0. The van der Waals surface area contributed by atoms with Crippen molar-refractivity contribution in [2.45, 2.75) is 38.6 Å². The number of aliphatic hydroxyl groups excluding tert-OH is 1. The summed E-state index contributed by atoms with van der Waals surface area (Å²) in [6.07, 6.45) is 4.40. The maximum atomic E-state index is 11.2. The molecule has 1 aliphatic rings. The molecule has 1 unspecified atom stereocenters. The van der Waals surface area contributed by atoms with Gasteiger partial charge in [-0.25, -0.2) is 0 Å². The predicted octanol–water partition coefficient (Wildman–Crippen LogP) is 2.42. The second-order valence-electron chi connectivity index (χ2n) is 7.48. The SMILES string of the molecule is CN1CCc2c(n(CC(C)(O)c3ccncc3)c3c(CO)cccc23)C1. The van der Waals surface area contributed by atoms with Gasteiger partial charge in [0.25, 0.3) is 0 Å². The van der Waals surface area contributed by atoms with Crippen molar-refractivity contribution >= 4 is 10.9 Å².